The summed E-state index contributed by atoms with van der Waals surface area (Å²) in [5.74, 6) is -0.0872. The molecule has 2 rings (SSSR count). The largest absolute Gasteiger partial charge is 0.484 e. The lowest BCUT2D eigenvalue weighted by atomic mass is 9.92. The third-order valence-electron chi connectivity index (χ3n) is 4.31. The number of carbonyl (C=O) groups excluding carboxylic acids is 1. The summed E-state index contributed by atoms with van der Waals surface area (Å²) in [5, 5.41) is 11.7. The van der Waals surface area contributed by atoms with Crippen molar-refractivity contribution in [3.63, 3.8) is 0 Å². The van der Waals surface area contributed by atoms with Gasteiger partial charge in [-0.2, -0.15) is 0 Å². The molecule has 5 nitrogen and oxygen atoms in total. The van der Waals surface area contributed by atoms with Crippen LogP contribution in [-0.2, 0) is 9.59 Å². The van der Waals surface area contributed by atoms with Crippen molar-refractivity contribution < 1.29 is 19.4 Å². The first-order chi connectivity index (χ1) is 13.3. The highest BCUT2D eigenvalue weighted by atomic mass is 16.5. The van der Waals surface area contributed by atoms with Gasteiger partial charge in [0.05, 0.1) is 0 Å². The zero-order valence-corrected chi connectivity index (χ0v) is 16.7. The Morgan fingerprint density at radius 3 is 2.07 bits per heavy atom. The Balaban J connectivity index is 2.04. The summed E-state index contributed by atoms with van der Waals surface area (Å²) < 4.78 is 5.57. The summed E-state index contributed by atoms with van der Waals surface area (Å²) in [7, 11) is 0. The van der Waals surface area contributed by atoms with E-state index < -0.39 is 5.97 Å². The van der Waals surface area contributed by atoms with Crippen LogP contribution in [0.1, 0.15) is 56.2 Å². The normalized spacial score (nSPS) is 11.2. The summed E-state index contributed by atoms with van der Waals surface area (Å²) in [6, 6.07) is 13.0. The maximum Gasteiger partial charge on any atom is 0.328 e. The molecule has 0 saturated heterocycles. The van der Waals surface area contributed by atoms with Crippen molar-refractivity contribution in [2.45, 2.75) is 39.5 Å². The van der Waals surface area contributed by atoms with E-state index in [4.69, 9.17) is 9.84 Å². The first kappa shape index (κ1) is 21.2. The van der Waals surface area contributed by atoms with Crippen LogP contribution in [0.2, 0.25) is 0 Å². The summed E-state index contributed by atoms with van der Waals surface area (Å²) >= 11 is 0. The second-order valence-corrected chi connectivity index (χ2v) is 7.20. The van der Waals surface area contributed by atoms with E-state index in [1.165, 1.54) is 6.08 Å². The standard InChI is InChI=1S/C23H27NO4/c1-15(2)19-6-5-7-20(16(3)4)23(19)24-21(25)14-28-18-11-8-17(9-12-18)10-13-22(26)27/h5-13,15-16H,14H2,1-4H3,(H,24,25)(H,26,27)/b13-10+. The smallest absolute Gasteiger partial charge is 0.328 e. The fourth-order valence-electron chi connectivity index (χ4n) is 2.86. The van der Waals surface area contributed by atoms with E-state index in [0.29, 0.717) is 17.6 Å². The maximum absolute atomic E-state index is 12.5. The Morgan fingerprint density at radius 1 is 1.00 bits per heavy atom. The molecule has 1 amide bonds. The summed E-state index contributed by atoms with van der Waals surface area (Å²) in [6.07, 6.45) is 2.57. The van der Waals surface area contributed by atoms with Gasteiger partial charge >= 0.3 is 5.97 Å². The average molecular weight is 381 g/mol. The number of hydrogen-bond donors (Lipinski definition) is 2. The molecule has 0 aliphatic rings. The van der Waals surface area contributed by atoms with Crippen molar-refractivity contribution in [1.29, 1.82) is 0 Å². The highest BCUT2D eigenvalue weighted by Gasteiger charge is 2.16. The van der Waals surface area contributed by atoms with Gasteiger partial charge in [-0.15, -0.1) is 0 Å². The number of ether oxygens (including phenoxy) is 1. The Hall–Kier alpha value is -3.08. The molecule has 148 valence electrons. The van der Waals surface area contributed by atoms with Crippen molar-refractivity contribution >= 4 is 23.6 Å². The lowest BCUT2D eigenvalue weighted by Gasteiger charge is -2.20. The molecule has 0 bridgehead atoms. The number of para-hydroxylation sites is 1. The van der Waals surface area contributed by atoms with Gasteiger partial charge in [0.25, 0.3) is 5.91 Å². The SMILES string of the molecule is CC(C)c1cccc(C(C)C)c1NC(=O)COc1ccc(/C=C/C(=O)O)cc1. The Kier molecular flexibility index (Phi) is 7.38. The molecule has 0 radical (unpaired) electrons. The van der Waals surface area contributed by atoms with E-state index in [0.717, 1.165) is 28.5 Å². The summed E-state index contributed by atoms with van der Waals surface area (Å²) in [6.45, 7) is 8.31. The minimum atomic E-state index is -1.00. The zero-order valence-electron chi connectivity index (χ0n) is 16.7. The number of amides is 1. The van der Waals surface area contributed by atoms with Crippen LogP contribution in [0.5, 0.6) is 5.75 Å². The predicted octanol–water partition coefficient (Wildman–Crippen LogP) is 5.05. The number of aliphatic carboxylic acids is 1. The second-order valence-electron chi connectivity index (χ2n) is 7.20. The predicted molar refractivity (Wildman–Crippen MR) is 112 cm³/mol. The van der Waals surface area contributed by atoms with Crippen molar-refractivity contribution in [3.8, 4) is 5.75 Å². The van der Waals surface area contributed by atoms with Gasteiger partial charge in [-0.1, -0.05) is 58.0 Å². The van der Waals surface area contributed by atoms with Crippen LogP contribution in [0, 0.1) is 0 Å². The molecule has 0 aromatic heterocycles. The van der Waals surface area contributed by atoms with E-state index in [-0.39, 0.29) is 12.5 Å². The quantitative estimate of drug-likeness (QED) is 0.628. The minimum absolute atomic E-state index is 0.103. The molecule has 0 atom stereocenters. The van der Waals surface area contributed by atoms with Crippen molar-refractivity contribution in [2.75, 3.05) is 11.9 Å². The Labute approximate surface area is 166 Å². The van der Waals surface area contributed by atoms with E-state index >= 15 is 0 Å². The van der Waals surface area contributed by atoms with Gasteiger partial charge in [0, 0.05) is 11.8 Å². The summed E-state index contributed by atoms with van der Waals surface area (Å²) in [5.41, 5.74) is 3.82. The van der Waals surface area contributed by atoms with Gasteiger partial charge < -0.3 is 15.2 Å². The maximum atomic E-state index is 12.5. The number of benzene rings is 2. The molecule has 0 fully saturated rings. The van der Waals surface area contributed by atoms with Crippen LogP contribution >= 0.6 is 0 Å². The molecule has 5 heteroatoms. The zero-order chi connectivity index (χ0) is 20.7. The van der Waals surface area contributed by atoms with Crippen LogP contribution in [0.4, 0.5) is 5.69 Å². The van der Waals surface area contributed by atoms with Crippen LogP contribution < -0.4 is 10.1 Å². The van der Waals surface area contributed by atoms with Crippen LogP contribution in [-0.4, -0.2) is 23.6 Å². The highest BCUT2D eigenvalue weighted by Crippen LogP contribution is 2.32. The molecule has 2 N–H and O–H groups in total. The molecule has 0 unspecified atom stereocenters. The number of nitrogens with one attached hydrogen (secondary N) is 1. The van der Waals surface area contributed by atoms with E-state index in [9.17, 15) is 9.59 Å². The number of carboxylic acids is 1. The molecule has 0 aliphatic carbocycles. The van der Waals surface area contributed by atoms with Crippen LogP contribution in [0.3, 0.4) is 0 Å². The van der Waals surface area contributed by atoms with Gasteiger partial charge in [0.1, 0.15) is 5.75 Å². The lowest BCUT2D eigenvalue weighted by molar-refractivity contribution is -0.131. The Bertz CT molecular complexity index is 825. The van der Waals surface area contributed by atoms with Crippen LogP contribution in [0.25, 0.3) is 6.08 Å². The molecule has 0 saturated carbocycles. The minimum Gasteiger partial charge on any atom is -0.484 e. The molecular weight excluding hydrogens is 354 g/mol. The second kappa shape index (κ2) is 9.74. The van der Waals surface area contributed by atoms with Gasteiger partial charge in [-0.3, -0.25) is 4.79 Å². The number of carbonyl (C=O) groups is 2. The van der Waals surface area contributed by atoms with Gasteiger partial charge in [-0.25, -0.2) is 4.79 Å². The van der Waals surface area contributed by atoms with Crippen molar-refractivity contribution in [2.24, 2.45) is 0 Å². The van der Waals surface area contributed by atoms with E-state index in [1.807, 2.05) is 18.2 Å². The Morgan fingerprint density at radius 2 is 1.57 bits per heavy atom. The third kappa shape index (κ3) is 5.98. The molecule has 28 heavy (non-hydrogen) atoms. The average Bonchev–Trinajstić information content (AvgIpc) is 2.65. The van der Waals surface area contributed by atoms with E-state index in [2.05, 4.69) is 33.0 Å². The number of hydrogen-bond acceptors (Lipinski definition) is 3. The molecule has 0 aliphatic heterocycles. The molecule has 2 aromatic rings. The monoisotopic (exact) mass is 381 g/mol. The van der Waals surface area contributed by atoms with Gasteiger partial charge in [0.15, 0.2) is 6.61 Å². The topological polar surface area (TPSA) is 75.6 Å². The number of carboxylic acid groups (broad SMARTS) is 1. The van der Waals surface area contributed by atoms with Crippen LogP contribution in [0.15, 0.2) is 48.5 Å². The van der Waals surface area contributed by atoms with E-state index in [1.54, 1.807) is 24.3 Å². The summed E-state index contributed by atoms with van der Waals surface area (Å²) in [4.78, 5) is 23.0. The molecule has 2 aromatic carbocycles. The van der Waals surface area contributed by atoms with Crippen molar-refractivity contribution in [1.82, 2.24) is 0 Å². The molecule has 0 heterocycles. The third-order valence-corrected chi connectivity index (χ3v) is 4.31. The first-order valence-corrected chi connectivity index (χ1v) is 9.34. The highest BCUT2D eigenvalue weighted by molar-refractivity contribution is 5.93. The van der Waals surface area contributed by atoms with Gasteiger partial charge in [-0.05, 0) is 46.7 Å². The fourth-order valence-corrected chi connectivity index (χ4v) is 2.86. The van der Waals surface area contributed by atoms with Crippen molar-refractivity contribution in [3.05, 3.63) is 65.2 Å². The lowest BCUT2D eigenvalue weighted by Crippen LogP contribution is -2.22. The fraction of sp³-hybridized carbons (Fsp3) is 0.304. The molecular formula is C23H27NO4. The van der Waals surface area contributed by atoms with Gasteiger partial charge in [0.2, 0.25) is 0 Å². The number of rotatable bonds is 8. The molecule has 0 spiro atoms. The first-order valence-electron chi connectivity index (χ1n) is 9.34. The number of anilines is 1.